The van der Waals surface area contributed by atoms with E-state index in [0.29, 0.717) is 17.0 Å². The normalized spacial score (nSPS) is 11.0. The summed E-state index contributed by atoms with van der Waals surface area (Å²) in [5.74, 6) is 1.49. The molecule has 0 bridgehead atoms. The van der Waals surface area contributed by atoms with Gasteiger partial charge in [0.1, 0.15) is 34.0 Å². The van der Waals surface area contributed by atoms with Gasteiger partial charge in [-0.05, 0) is 55.3 Å². The summed E-state index contributed by atoms with van der Waals surface area (Å²) in [7, 11) is 0. The Hall–Kier alpha value is -3.34. The SMILES string of the molecule is Cc1ccc2nn(-c3cc(Oc4ccccc4)cc(C)c3O)nc2c1. The first-order valence-corrected chi connectivity index (χ1v) is 8.01. The zero-order valence-corrected chi connectivity index (χ0v) is 14.0. The van der Waals surface area contributed by atoms with Gasteiger partial charge in [0.05, 0.1) is 0 Å². The molecule has 0 aliphatic carbocycles. The number of aryl methyl sites for hydroxylation is 2. The van der Waals surface area contributed by atoms with Crippen LogP contribution in [0.15, 0.2) is 60.7 Å². The zero-order chi connectivity index (χ0) is 17.4. The van der Waals surface area contributed by atoms with Gasteiger partial charge in [-0.15, -0.1) is 15.0 Å². The number of benzene rings is 3. The first kappa shape index (κ1) is 15.2. The third kappa shape index (κ3) is 2.92. The number of ether oxygens (including phenoxy) is 1. The summed E-state index contributed by atoms with van der Waals surface area (Å²) in [6, 6.07) is 18.9. The van der Waals surface area contributed by atoms with Crippen molar-refractivity contribution in [2.45, 2.75) is 13.8 Å². The Morgan fingerprint density at radius 3 is 2.40 bits per heavy atom. The van der Waals surface area contributed by atoms with E-state index in [0.717, 1.165) is 22.3 Å². The highest BCUT2D eigenvalue weighted by Gasteiger charge is 2.14. The Morgan fingerprint density at radius 1 is 0.840 bits per heavy atom. The number of rotatable bonds is 3. The van der Waals surface area contributed by atoms with Crippen molar-refractivity contribution in [3.05, 3.63) is 71.8 Å². The van der Waals surface area contributed by atoms with Crippen molar-refractivity contribution in [1.82, 2.24) is 15.0 Å². The van der Waals surface area contributed by atoms with Crippen molar-refractivity contribution < 1.29 is 9.84 Å². The molecule has 0 radical (unpaired) electrons. The molecule has 0 aliphatic heterocycles. The summed E-state index contributed by atoms with van der Waals surface area (Å²) in [5.41, 5.74) is 3.85. The third-order valence-electron chi connectivity index (χ3n) is 3.98. The van der Waals surface area contributed by atoms with E-state index < -0.39 is 0 Å². The van der Waals surface area contributed by atoms with Crippen LogP contribution in [-0.2, 0) is 0 Å². The lowest BCUT2D eigenvalue weighted by molar-refractivity contribution is 0.453. The first-order chi connectivity index (χ1) is 12.1. The number of hydrogen-bond acceptors (Lipinski definition) is 4. The molecule has 0 unspecified atom stereocenters. The summed E-state index contributed by atoms with van der Waals surface area (Å²) in [5, 5.41) is 19.4. The van der Waals surface area contributed by atoms with E-state index in [2.05, 4.69) is 10.2 Å². The number of phenolic OH excluding ortho intramolecular Hbond substituents is 1. The predicted molar refractivity (Wildman–Crippen MR) is 96.5 cm³/mol. The fourth-order valence-electron chi connectivity index (χ4n) is 2.70. The Bertz CT molecular complexity index is 1060. The summed E-state index contributed by atoms with van der Waals surface area (Å²) < 4.78 is 5.89. The molecule has 0 atom stereocenters. The Labute approximate surface area is 145 Å². The second-order valence-electron chi connectivity index (χ2n) is 6.00. The molecule has 0 aliphatic rings. The van der Waals surface area contributed by atoms with E-state index in [1.54, 1.807) is 12.1 Å². The fraction of sp³-hybridized carbons (Fsp3) is 0.100. The van der Waals surface area contributed by atoms with Gasteiger partial charge >= 0.3 is 0 Å². The number of aromatic hydroxyl groups is 1. The summed E-state index contributed by atoms with van der Waals surface area (Å²) in [6.07, 6.45) is 0. The van der Waals surface area contributed by atoms with Gasteiger partial charge in [0.2, 0.25) is 0 Å². The van der Waals surface area contributed by atoms with Crippen LogP contribution >= 0.6 is 0 Å². The van der Waals surface area contributed by atoms with Gasteiger partial charge in [-0.2, -0.15) is 0 Å². The molecule has 1 heterocycles. The van der Waals surface area contributed by atoms with Crippen molar-refractivity contribution in [3.8, 4) is 22.9 Å². The van der Waals surface area contributed by atoms with Crippen LogP contribution in [0, 0.1) is 13.8 Å². The van der Waals surface area contributed by atoms with Crippen LogP contribution in [0.3, 0.4) is 0 Å². The molecule has 0 saturated heterocycles. The van der Waals surface area contributed by atoms with E-state index in [9.17, 15) is 5.11 Å². The van der Waals surface area contributed by atoms with E-state index >= 15 is 0 Å². The van der Waals surface area contributed by atoms with Gasteiger partial charge in [-0.1, -0.05) is 24.3 Å². The lowest BCUT2D eigenvalue weighted by Crippen LogP contribution is -2.00. The van der Waals surface area contributed by atoms with E-state index in [1.165, 1.54) is 4.80 Å². The number of para-hydroxylation sites is 1. The average molecular weight is 331 g/mol. The van der Waals surface area contributed by atoms with E-state index in [1.807, 2.05) is 62.4 Å². The molecule has 0 fully saturated rings. The molecular formula is C20H17N3O2. The van der Waals surface area contributed by atoms with Crippen molar-refractivity contribution in [2.75, 3.05) is 0 Å². The lowest BCUT2D eigenvalue weighted by atomic mass is 10.2. The van der Waals surface area contributed by atoms with Crippen LogP contribution < -0.4 is 4.74 Å². The van der Waals surface area contributed by atoms with E-state index in [4.69, 9.17) is 4.74 Å². The van der Waals surface area contributed by atoms with Crippen LogP contribution in [0.2, 0.25) is 0 Å². The van der Waals surface area contributed by atoms with Crippen LogP contribution in [0.5, 0.6) is 17.2 Å². The third-order valence-corrected chi connectivity index (χ3v) is 3.98. The topological polar surface area (TPSA) is 60.2 Å². The van der Waals surface area contributed by atoms with Crippen LogP contribution in [-0.4, -0.2) is 20.1 Å². The highest BCUT2D eigenvalue weighted by Crippen LogP contribution is 2.32. The smallest absolute Gasteiger partial charge is 0.146 e. The molecule has 0 spiro atoms. The van der Waals surface area contributed by atoms with Crippen molar-refractivity contribution >= 4 is 11.0 Å². The van der Waals surface area contributed by atoms with E-state index in [-0.39, 0.29) is 5.75 Å². The molecule has 0 amide bonds. The second-order valence-corrected chi connectivity index (χ2v) is 6.00. The van der Waals surface area contributed by atoms with Crippen molar-refractivity contribution in [3.63, 3.8) is 0 Å². The molecule has 4 aromatic rings. The minimum Gasteiger partial charge on any atom is -0.505 e. The zero-order valence-electron chi connectivity index (χ0n) is 14.0. The number of aromatic nitrogens is 3. The van der Waals surface area contributed by atoms with Gasteiger partial charge in [0.15, 0.2) is 0 Å². The molecule has 124 valence electrons. The summed E-state index contributed by atoms with van der Waals surface area (Å²) in [4.78, 5) is 1.45. The largest absolute Gasteiger partial charge is 0.505 e. The fourth-order valence-corrected chi connectivity index (χ4v) is 2.70. The minimum absolute atomic E-state index is 0.137. The molecule has 5 nitrogen and oxygen atoms in total. The number of phenols is 1. The molecule has 4 rings (SSSR count). The molecule has 5 heteroatoms. The molecular weight excluding hydrogens is 314 g/mol. The molecule has 0 saturated carbocycles. The lowest BCUT2D eigenvalue weighted by Gasteiger charge is -2.11. The number of fused-ring (bicyclic) bond motifs is 1. The molecule has 25 heavy (non-hydrogen) atoms. The van der Waals surface area contributed by atoms with Gasteiger partial charge in [0, 0.05) is 6.07 Å². The Morgan fingerprint density at radius 2 is 1.60 bits per heavy atom. The molecule has 3 aromatic carbocycles. The van der Waals surface area contributed by atoms with Gasteiger partial charge in [-0.25, -0.2) is 0 Å². The standard InChI is InChI=1S/C20H17N3O2/c1-13-8-9-17-18(10-13)22-23(21-17)19-12-16(11-14(2)20(19)24)25-15-6-4-3-5-7-15/h3-12,24H,1-2H3. The minimum atomic E-state index is 0.137. The van der Waals surface area contributed by atoms with Crippen LogP contribution in [0.4, 0.5) is 0 Å². The maximum atomic E-state index is 10.5. The Balaban J connectivity index is 1.79. The molecule has 1 aromatic heterocycles. The highest BCUT2D eigenvalue weighted by atomic mass is 16.5. The summed E-state index contributed by atoms with van der Waals surface area (Å²) >= 11 is 0. The maximum Gasteiger partial charge on any atom is 0.146 e. The summed E-state index contributed by atoms with van der Waals surface area (Å²) in [6.45, 7) is 3.83. The predicted octanol–water partition coefficient (Wildman–Crippen LogP) is 4.54. The van der Waals surface area contributed by atoms with Gasteiger partial charge in [-0.3, -0.25) is 0 Å². The first-order valence-electron chi connectivity index (χ1n) is 8.01. The van der Waals surface area contributed by atoms with Gasteiger partial charge < -0.3 is 9.84 Å². The monoisotopic (exact) mass is 331 g/mol. The van der Waals surface area contributed by atoms with Crippen molar-refractivity contribution in [2.24, 2.45) is 0 Å². The van der Waals surface area contributed by atoms with Gasteiger partial charge in [0.25, 0.3) is 0 Å². The number of hydrogen-bond donors (Lipinski definition) is 1. The molecule has 1 N–H and O–H groups in total. The Kier molecular flexibility index (Phi) is 3.61. The second kappa shape index (κ2) is 5.94. The number of nitrogens with zero attached hydrogens (tertiary/aromatic N) is 3. The quantitative estimate of drug-likeness (QED) is 0.599. The van der Waals surface area contributed by atoms with Crippen LogP contribution in [0.25, 0.3) is 16.7 Å². The maximum absolute atomic E-state index is 10.5. The van der Waals surface area contributed by atoms with Crippen LogP contribution in [0.1, 0.15) is 11.1 Å². The van der Waals surface area contributed by atoms with Crippen molar-refractivity contribution in [1.29, 1.82) is 0 Å². The highest BCUT2D eigenvalue weighted by molar-refractivity contribution is 5.75. The average Bonchev–Trinajstić information content (AvgIpc) is 3.01.